The highest BCUT2D eigenvalue weighted by Crippen LogP contribution is 2.47. The molecule has 0 spiro atoms. The second-order valence-corrected chi connectivity index (χ2v) is 7.52. The summed E-state index contributed by atoms with van der Waals surface area (Å²) in [6.07, 6.45) is 8.13. The fourth-order valence-electron chi connectivity index (χ4n) is 3.59. The van der Waals surface area contributed by atoms with Gasteiger partial charge in [0.15, 0.2) is 0 Å². The first-order valence-electron chi connectivity index (χ1n) is 8.13. The molecule has 0 saturated heterocycles. The van der Waals surface area contributed by atoms with Crippen LogP contribution in [0.5, 0.6) is 0 Å². The van der Waals surface area contributed by atoms with Crippen molar-refractivity contribution in [2.24, 2.45) is 16.7 Å². The minimum absolute atomic E-state index is 0.483. The van der Waals surface area contributed by atoms with Crippen molar-refractivity contribution in [3.63, 3.8) is 0 Å². The Balaban J connectivity index is 2.53. The molecule has 0 aromatic rings. The van der Waals surface area contributed by atoms with E-state index in [9.17, 15) is 0 Å². The minimum Gasteiger partial charge on any atom is -0.385 e. The van der Waals surface area contributed by atoms with Gasteiger partial charge < -0.3 is 10.1 Å². The van der Waals surface area contributed by atoms with Crippen LogP contribution in [-0.2, 0) is 4.74 Å². The van der Waals surface area contributed by atoms with Crippen molar-refractivity contribution < 1.29 is 4.74 Å². The molecule has 1 fully saturated rings. The van der Waals surface area contributed by atoms with E-state index in [0.29, 0.717) is 10.8 Å². The summed E-state index contributed by atoms with van der Waals surface area (Å²) in [6.45, 7) is 12.6. The Labute approximate surface area is 120 Å². The van der Waals surface area contributed by atoms with Crippen LogP contribution in [0.25, 0.3) is 0 Å². The smallest absolute Gasteiger partial charge is 0.0462 e. The molecule has 1 N–H and O–H groups in total. The maximum absolute atomic E-state index is 5.24. The summed E-state index contributed by atoms with van der Waals surface area (Å²) in [4.78, 5) is 0. The van der Waals surface area contributed by atoms with Crippen molar-refractivity contribution in [1.29, 1.82) is 0 Å². The summed E-state index contributed by atoms with van der Waals surface area (Å²) < 4.78 is 5.24. The first-order valence-corrected chi connectivity index (χ1v) is 8.13. The molecular weight excluding hydrogens is 234 g/mol. The lowest BCUT2D eigenvalue weighted by Crippen LogP contribution is -2.40. The highest BCUT2D eigenvalue weighted by molar-refractivity contribution is 4.90. The van der Waals surface area contributed by atoms with E-state index in [4.69, 9.17) is 4.74 Å². The second-order valence-electron chi connectivity index (χ2n) is 7.52. The number of rotatable bonds is 7. The van der Waals surface area contributed by atoms with Gasteiger partial charge in [-0.3, -0.25) is 0 Å². The van der Waals surface area contributed by atoms with Crippen LogP contribution in [0.15, 0.2) is 0 Å². The highest BCUT2D eigenvalue weighted by Gasteiger charge is 2.37. The predicted molar refractivity (Wildman–Crippen MR) is 83.5 cm³/mol. The van der Waals surface area contributed by atoms with Gasteiger partial charge in [0.25, 0.3) is 0 Å². The molecule has 1 aliphatic carbocycles. The predicted octanol–water partition coefficient (Wildman–Crippen LogP) is 4.25. The summed E-state index contributed by atoms with van der Waals surface area (Å²) in [5, 5.41) is 3.60. The van der Waals surface area contributed by atoms with Crippen LogP contribution in [0.2, 0.25) is 0 Å². The molecule has 0 heterocycles. The van der Waals surface area contributed by atoms with Crippen LogP contribution in [0, 0.1) is 16.7 Å². The number of methoxy groups -OCH3 is 1. The monoisotopic (exact) mass is 269 g/mol. The van der Waals surface area contributed by atoms with E-state index in [0.717, 1.165) is 19.1 Å². The zero-order valence-corrected chi connectivity index (χ0v) is 13.8. The molecule has 0 unspecified atom stereocenters. The molecule has 0 aromatic carbocycles. The Morgan fingerprint density at radius 3 is 2.32 bits per heavy atom. The third-order valence-electron chi connectivity index (χ3n) is 5.08. The Morgan fingerprint density at radius 1 is 1.21 bits per heavy atom. The van der Waals surface area contributed by atoms with E-state index < -0.39 is 0 Å². The van der Waals surface area contributed by atoms with E-state index in [1.165, 1.54) is 45.1 Å². The number of nitrogens with one attached hydrogen (secondary N) is 1. The average Bonchev–Trinajstić information content (AvgIpc) is 2.36. The van der Waals surface area contributed by atoms with Gasteiger partial charge >= 0.3 is 0 Å². The van der Waals surface area contributed by atoms with Gasteiger partial charge in [0.05, 0.1) is 0 Å². The fraction of sp³-hybridized carbons (Fsp3) is 1.00. The van der Waals surface area contributed by atoms with Crippen LogP contribution >= 0.6 is 0 Å². The van der Waals surface area contributed by atoms with Gasteiger partial charge in [0, 0.05) is 20.3 Å². The topological polar surface area (TPSA) is 21.3 Å². The molecule has 0 atom stereocenters. The van der Waals surface area contributed by atoms with Crippen LogP contribution in [0.3, 0.4) is 0 Å². The fourth-order valence-corrected chi connectivity index (χ4v) is 3.59. The maximum atomic E-state index is 5.24. The summed E-state index contributed by atoms with van der Waals surface area (Å²) in [5.41, 5.74) is 1.02. The maximum Gasteiger partial charge on any atom is 0.0462 e. The van der Waals surface area contributed by atoms with Crippen molar-refractivity contribution in [3.8, 4) is 0 Å². The molecule has 2 nitrogen and oxygen atoms in total. The number of hydrogen-bond donors (Lipinski definition) is 1. The number of hydrogen-bond acceptors (Lipinski definition) is 2. The molecule has 2 heteroatoms. The van der Waals surface area contributed by atoms with Gasteiger partial charge in [-0.15, -0.1) is 0 Å². The Kier molecular flexibility index (Phi) is 6.82. The van der Waals surface area contributed by atoms with Crippen LogP contribution in [0.1, 0.15) is 66.2 Å². The molecule has 0 aromatic heterocycles. The molecular formula is C17H35NO. The molecule has 0 amide bonds. The Bertz CT molecular complexity index is 236. The van der Waals surface area contributed by atoms with Gasteiger partial charge in [-0.2, -0.15) is 0 Å². The van der Waals surface area contributed by atoms with E-state index >= 15 is 0 Å². The van der Waals surface area contributed by atoms with Gasteiger partial charge in [-0.1, -0.05) is 27.7 Å². The molecule has 1 rings (SSSR count). The van der Waals surface area contributed by atoms with Gasteiger partial charge in [0.2, 0.25) is 0 Å². The molecule has 1 aliphatic rings. The lowest BCUT2D eigenvalue weighted by atomic mass is 9.62. The molecule has 19 heavy (non-hydrogen) atoms. The van der Waals surface area contributed by atoms with E-state index in [1.807, 2.05) is 7.11 Å². The normalized spacial score (nSPS) is 28.6. The third-order valence-corrected chi connectivity index (χ3v) is 5.08. The quantitative estimate of drug-likeness (QED) is 0.698. The standard InChI is InChI=1S/C17H35NO/c1-6-18-14-17(10-7-13-19-5)11-8-15(9-12-17)16(2,3)4/h15,18H,6-14H2,1-5H3. The van der Waals surface area contributed by atoms with Crippen molar-refractivity contribution in [2.75, 3.05) is 26.8 Å². The third kappa shape index (κ3) is 5.43. The molecule has 114 valence electrons. The summed E-state index contributed by atoms with van der Waals surface area (Å²) >= 11 is 0. The van der Waals surface area contributed by atoms with E-state index in [1.54, 1.807) is 0 Å². The van der Waals surface area contributed by atoms with Gasteiger partial charge in [-0.25, -0.2) is 0 Å². The lowest BCUT2D eigenvalue weighted by Gasteiger charge is -2.44. The number of ether oxygens (including phenoxy) is 1. The van der Waals surface area contributed by atoms with Crippen molar-refractivity contribution in [2.45, 2.75) is 66.2 Å². The Morgan fingerprint density at radius 2 is 1.84 bits per heavy atom. The first kappa shape index (κ1) is 17.0. The molecule has 0 aliphatic heterocycles. The van der Waals surface area contributed by atoms with Crippen LogP contribution in [0.4, 0.5) is 0 Å². The van der Waals surface area contributed by atoms with E-state index in [-0.39, 0.29) is 0 Å². The summed E-state index contributed by atoms with van der Waals surface area (Å²) in [5.74, 6) is 0.907. The zero-order chi connectivity index (χ0) is 14.4. The summed E-state index contributed by atoms with van der Waals surface area (Å²) in [7, 11) is 1.81. The molecule has 0 radical (unpaired) electrons. The first-order chi connectivity index (χ1) is 8.93. The van der Waals surface area contributed by atoms with Crippen molar-refractivity contribution in [3.05, 3.63) is 0 Å². The highest BCUT2D eigenvalue weighted by atomic mass is 16.5. The largest absolute Gasteiger partial charge is 0.385 e. The average molecular weight is 269 g/mol. The Hall–Kier alpha value is -0.0800. The van der Waals surface area contributed by atoms with Crippen LogP contribution < -0.4 is 5.32 Å². The van der Waals surface area contributed by atoms with Crippen LogP contribution in [-0.4, -0.2) is 26.8 Å². The minimum atomic E-state index is 0.483. The van der Waals surface area contributed by atoms with Crippen molar-refractivity contribution in [1.82, 2.24) is 5.32 Å². The van der Waals surface area contributed by atoms with Gasteiger partial charge in [-0.05, 0) is 61.8 Å². The van der Waals surface area contributed by atoms with Gasteiger partial charge in [0.1, 0.15) is 0 Å². The van der Waals surface area contributed by atoms with Crippen molar-refractivity contribution >= 4 is 0 Å². The van der Waals surface area contributed by atoms with E-state index in [2.05, 4.69) is 33.0 Å². The SMILES string of the molecule is CCNCC1(CCCOC)CCC(C(C)(C)C)CC1. The molecule has 1 saturated carbocycles. The summed E-state index contributed by atoms with van der Waals surface area (Å²) in [6, 6.07) is 0. The molecule has 0 bridgehead atoms. The zero-order valence-electron chi connectivity index (χ0n) is 13.8. The second kappa shape index (κ2) is 7.64. The lowest BCUT2D eigenvalue weighted by molar-refractivity contribution is 0.0705.